The molecule has 108 valence electrons. The van der Waals surface area contributed by atoms with E-state index in [9.17, 15) is 8.42 Å². The maximum Gasteiger partial charge on any atom is 0.246 e. The zero-order valence-corrected chi connectivity index (χ0v) is 12.4. The highest BCUT2D eigenvalue weighted by Crippen LogP contribution is 2.22. The van der Waals surface area contributed by atoms with Crippen molar-refractivity contribution in [2.24, 2.45) is 0 Å². The molecule has 1 unspecified atom stereocenters. The summed E-state index contributed by atoms with van der Waals surface area (Å²) in [7, 11) is -3.69. The van der Waals surface area contributed by atoms with Crippen molar-refractivity contribution in [2.45, 2.75) is 31.7 Å². The quantitative estimate of drug-likeness (QED) is 0.840. The molecule has 0 radical (unpaired) electrons. The van der Waals surface area contributed by atoms with Crippen LogP contribution in [0.5, 0.6) is 0 Å². The maximum atomic E-state index is 12.4. The van der Waals surface area contributed by atoms with Crippen LogP contribution < -0.4 is 10.5 Å². The van der Waals surface area contributed by atoms with Crippen molar-refractivity contribution in [3.8, 4) is 0 Å². The van der Waals surface area contributed by atoms with Gasteiger partial charge >= 0.3 is 0 Å². The van der Waals surface area contributed by atoms with E-state index in [1.54, 1.807) is 39.0 Å². The van der Waals surface area contributed by atoms with Crippen molar-refractivity contribution in [1.82, 2.24) is 9.88 Å². The number of hydrogen-bond acceptors (Lipinski definition) is 5. The topological polar surface area (TPSA) is 98.2 Å². The number of nitrogen functional groups attached to an aromatic ring is 1. The molecule has 1 atom stereocenters. The molecule has 7 heteroatoms. The van der Waals surface area contributed by atoms with Crippen LogP contribution in [0.3, 0.4) is 0 Å². The van der Waals surface area contributed by atoms with Gasteiger partial charge in [0, 0.05) is 11.7 Å². The Labute approximate surface area is 118 Å². The summed E-state index contributed by atoms with van der Waals surface area (Å²) in [5.74, 6) is 0.273. The summed E-state index contributed by atoms with van der Waals surface area (Å²) < 4.78 is 32.2. The minimum atomic E-state index is -3.69. The van der Waals surface area contributed by atoms with Crippen LogP contribution in [-0.4, -0.2) is 13.6 Å². The standard InChI is InChI=1S/C13H17N3O3S/c1-8(11-5-4-6-12(14)7-11)16-20(17,18)13-9(2)15-19-10(13)3/h4-8,16H,14H2,1-3H3. The highest BCUT2D eigenvalue weighted by Gasteiger charge is 2.26. The zero-order valence-electron chi connectivity index (χ0n) is 11.5. The first-order valence-corrected chi connectivity index (χ1v) is 7.60. The fourth-order valence-electron chi connectivity index (χ4n) is 2.05. The van der Waals surface area contributed by atoms with Gasteiger partial charge in [-0.3, -0.25) is 0 Å². The first-order valence-electron chi connectivity index (χ1n) is 6.12. The van der Waals surface area contributed by atoms with Gasteiger partial charge in [-0.2, -0.15) is 0 Å². The van der Waals surface area contributed by atoms with E-state index in [0.29, 0.717) is 11.4 Å². The highest BCUT2D eigenvalue weighted by atomic mass is 32.2. The van der Waals surface area contributed by atoms with Crippen LogP contribution in [0, 0.1) is 13.8 Å². The van der Waals surface area contributed by atoms with E-state index in [2.05, 4.69) is 9.88 Å². The molecule has 3 N–H and O–H groups in total. The Bertz CT molecular complexity index is 703. The number of nitrogens with zero attached hydrogens (tertiary/aromatic N) is 1. The summed E-state index contributed by atoms with van der Waals surface area (Å²) in [6.07, 6.45) is 0. The fraction of sp³-hybridized carbons (Fsp3) is 0.308. The Balaban J connectivity index is 2.29. The van der Waals surface area contributed by atoms with Crippen LogP contribution in [0.2, 0.25) is 0 Å². The highest BCUT2D eigenvalue weighted by molar-refractivity contribution is 7.89. The maximum absolute atomic E-state index is 12.4. The number of hydrogen-bond donors (Lipinski definition) is 2. The van der Waals surface area contributed by atoms with Crippen LogP contribution in [0.15, 0.2) is 33.7 Å². The first kappa shape index (κ1) is 14.5. The Kier molecular flexibility index (Phi) is 3.82. The molecule has 0 spiro atoms. The van der Waals surface area contributed by atoms with Gasteiger partial charge in [0.15, 0.2) is 5.76 Å². The van der Waals surface area contributed by atoms with Crippen molar-refractivity contribution < 1.29 is 12.9 Å². The van der Waals surface area contributed by atoms with Gasteiger partial charge in [-0.05, 0) is 38.5 Å². The number of nitrogens with two attached hydrogens (primary N) is 1. The molecule has 0 aliphatic carbocycles. The number of rotatable bonds is 4. The SMILES string of the molecule is Cc1noc(C)c1S(=O)(=O)NC(C)c1cccc(N)c1. The van der Waals surface area contributed by atoms with Gasteiger partial charge in [0.2, 0.25) is 10.0 Å². The van der Waals surface area contributed by atoms with E-state index in [0.717, 1.165) is 5.56 Å². The third-order valence-electron chi connectivity index (χ3n) is 2.98. The predicted octanol–water partition coefficient (Wildman–Crippen LogP) is 1.91. The number of aromatic nitrogens is 1. The van der Waals surface area contributed by atoms with E-state index in [-0.39, 0.29) is 10.7 Å². The number of anilines is 1. The van der Waals surface area contributed by atoms with E-state index in [4.69, 9.17) is 10.3 Å². The Morgan fingerprint density at radius 2 is 2.05 bits per heavy atom. The van der Waals surface area contributed by atoms with Crippen LogP contribution >= 0.6 is 0 Å². The number of benzene rings is 1. The average Bonchev–Trinajstić information content (AvgIpc) is 2.69. The Morgan fingerprint density at radius 3 is 2.60 bits per heavy atom. The monoisotopic (exact) mass is 295 g/mol. The molecule has 1 heterocycles. The van der Waals surface area contributed by atoms with Crippen LogP contribution in [0.4, 0.5) is 5.69 Å². The molecule has 2 aromatic rings. The predicted molar refractivity (Wildman–Crippen MR) is 75.6 cm³/mol. The summed E-state index contributed by atoms with van der Waals surface area (Å²) in [5, 5.41) is 3.66. The second kappa shape index (κ2) is 5.26. The largest absolute Gasteiger partial charge is 0.399 e. The van der Waals surface area contributed by atoms with Gasteiger partial charge in [-0.1, -0.05) is 17.3 Å². The molecule has 1 aromatic carbocycles. The molecule has 0 amide bonds. The molecule has 0 fully saturated rings. The summed E-state index contributed by atoms with van der Waals surface area (Å²) in [4.78, 5) is 0.0910. The minimum Gasteiger partial charge on any atom is -0.399 e. The first-order chi connectivity index (χ1) is 9.31. The van der Waals surface area contributed by atoms with Gasteiger partial charge in [0.1, 0.15) is 10.6 Å². The second-order valence-electron chi connectivity index (χ2n) is 4.67. The van der Waals surface area contributed by atoms with Crippen molar-refractivity contribution in [1.29, 1.82) is 0 Å². The zero-order chi connectivity index (χ0) is 14.9. The molecular formula is C13H17N3O3S. The molecule has 0 aliphatic rings. The van der Waals surface area contributed by atoms with Crippen LogP contribution in [0.25, 0.3) is 0 Å². The smallest absolute Gasteiger partial charge is 0.246 e. The van der Waals surface area contributed by atoms with Crippen molar-refractivity contribution >= 4 is 15.7 Å². The summed E-state index contributed by atoms with van der Waals surface area (Å²) in [5.41, 5.74) is 7.42. The molecule has 0 saturated carbocycles. The van der Waals surface area contributed by atoms with Gasteiger partial charge in [-0.15, -0.1) is 0 Å². The number of sulfonamides is 1. The molecular weight excluding hydrogens is 278 g/mol. The van der Waals surface area contributed by atoms with Crippen molar-refractivity contribution in [3.63, 3.8) is 0 Å². The molecule has 2 rings (SSSR count). The van der Waals surface area contributed by atoms with E-state index in [1.165, 1.54) is 0 Å². The van der Waals surface area contributed by atoms with Gasteiger partial charge in [0.05, 0.1) is 0 Å². The lowest BCUT2D eigenvalue weighted by molar-refractivity contribution is 0.390. The fourth-order valence-corrected chi connectivity index (χ4v) is 3.61. The molecule has 6 nitrogen and oxygen atoms in total. The normalized spacial score (nSPS) is 13.3. The lowest BCUT2D eigenvalue weighted by Crippen LogP contribution is -2.27. The minimum absolute atomic E-state index is 0.0910. The molecule has 0 bridgehead atoms. The average molecular weight is 295 g/mol. The Morgan fingerprint density at radius 1 is 1.35 bits per heavy atom. The molecule has 0 aliphatic heterocycles. The summed E-state index contributed by atoms with van der Waals surface area (Å²) >= 11 is 0. The van der Waals surface area contributed by atoms with Crippen molar-refractivity contribution in [2.75, 3.05) is 5.73 Å². The third kappa shape index (κ3) is 2.83. The molecule has 1 aromatic heterocycles. The lowest BCUT2D eigenvalue weighted by Gasteiger charge is -2.14. The Hall–Kier alpha value is -1.86. The van der Waals surface area contributed by atoms with E-state index < -0.39 is 16.1 Å². The van der Waals surface area contributed by atoms with Gasteiger partial charge in [-0.25, -0.2) is 13.1 Å². The van der Waals surface area contributed by atoms with E-state index >= 15 is 0 Å². The third-order valence-corrected chi connectivity index (χ3v) is 4.76. The van der Waals surface area contributed by atoms with Gasteiger partial charge < -0.3 is 10.3 Å². The summed E-state index contributed by atoms with van der Waals surface area (Å²) in [6.45, 7) is 4.92. The van der Waals surface area contributed by atoms with Crippen LogP contribution in [0.1, 0.15) is 30.0 Å². The molecule has 20 heavy (non-hydrogen) atoms. The number of aryl methyl sites for hydroxylation is 2. The van der Waals surface area contributed by atoms with Crippen LogP contribution in [-0.2, 0) is 10.0 Å². The number of nitrogens with one attached hydrogen (secondary N) is 1. The van der Waals surface area contributed by atoms with Crippen molar-refractivity contribution in [3.05, 3.63) is 41.3 Å². The lowest BCUT2D eigenvalue weighted by atomic mass is 10.1. The van der Waals surface area contributed by atoms with E-state index in [1.807, 2.05) is 6.07 Å². The summed E-state index contributed by atoms with van der Waals surface area (Å²) in [6, 6.07) is 6.68. The second-order valence-corrected chi connectivity index (χ2v) is 6.32. The molecule has 0 saturated heterocycles. The van der Waals surface area contributed by atoms with Gasteiger partial charge in [0.25, 0.3) is 0 Å².